The molecule has 2 aliphatic rings. The summed E-state index contributed by atoms with van der Waals surface area (Å²) in [7, 11) is 2.20. The van der Waals surface area contributed by atoms with Crippen LogP contribution >= 0.6 is 0 Å². The Morgan fingerprint density at radius 2 is 1.89 bits per heavy atom. The van der Waals surface area contributed by atoms with E-state index in [1.165, 1.54) is 37.1 Å². The Hall–Kier alpha value is -0.860. The molecule has 0 amide bonds. The van der Waals surface area contributed by atoms with E-state index in [1.54, 1.807) is 0 Å². The highest BCUT2D eigenvalue weighted by atomic mass is 16.3. The van der Waals surface area contributed by atoms with Gasteiger partial charge in [-0.1, -0.05) is 24.3 Å². The first kappa shape index (κ1) is 12.2. The highest BCUT2D eigenvalue weighted by Crippen LogP contribution is 2.40. The highest BCUT2D eigenvalue weighted by Gasteiger charge is 2.40. The van der Waals surface area contributed by atoms with Gasteiger partial charge in [-0.05, 0) is 62.9 Å². The molecule has 2 heteroatoms. The minimum Gasteiger partial charge on any atom is -0.390 e. The van der Waals surface area contributed by atoms with Crippen molar-refractivity contribution in [3.63, 3.8) is 0 Å². The van der Waals surface area contributed by atoms with Gasteiger partial charge in [-0.15, -0.1) is 0 Å². The lowest BCUT2D eigenvalue weighted by atomic mass is 9.85. The molecule has 0 aromatic heterocycles. The first-order valence-electron chi connectivity index (χ1n) is 7.15. The maximum absolute atomic E-state index is 10.1. The molecule has 98 valence electrons. The molecule has 1 heterocycles. The molecule has 1 saturated carbocycles. The molecule has 0 atom stereocenters. The summed E-state index contributed by atoms with van der Waals surface area (Å²) in [5.41, 5.74) is 2.50. The Labute approximate surface area is 110 Å². The quantitative estimate of drug-likeness (QED) is 0.884. The van der Waals surface area contributed by atoms with Crippen LogP contribution in [0, 0.1) is 0 Å². The second-order valence-corrected chi connectivity index (χ2v) is 6.18. The third-order valence-electron chi connectivity index (χ3n) is 4.56. The fourth-order valence-electron chi connectivity index (χ4n) is 3.09. The van der Waals surface area contributed by atoms with Crippen LogP contribution in [0.25, 0.3) is 0 Å². The minimum atomic E-state index is -0.373. The van der Waals surface area contributed by atoms with Gasteiger partial charge in [-0.3, -0.25) is 0 Å². The van der Waals surface area contributed by atoms with Crippen molar-refractivity contribution in [2.24, 2.45) is 0 Å². The number of hydrogen-bond acceptors (Lipinski definition) is 2. The lowest BCUT2D eigenvalue weighted by Crippen LogP contribution is -2.29. The van der Waals surface area contributed by atoms with Gasteiger partial charge in [0.1, 0.15) is 0 Å². The number of likely N-dealkylation sites (tertiary alicyclic amines) is 1. The molecular formula is C16H23NO. The largest absolute Gasteiger partial charge is 0.390 e. The first-order valence-corrected chi connectivity index (χ1v) is 7.15. The summed E-state index contributed by atoms with van der Waals surface area (Å²) < 4.78 is 0. The standard InChI is InChI=1S/C16H23NO/c1-17-10-6-13(7-11-17)15-5-3-2-4-14(15)12-16(18)8-9-16/h2-5,13,18H,6-12H2,1H3. The molecule has 1 aromatic carbocycles. The van der Waals surface area contributed by atoms with E-state index in [2.05, 4.69) is 36.2 Å². The molecule has 18 heavy (non-hydrogen) atoms. The highest BCUT2D eigenvalue weighted by molar-refractivity contribution is 5.33. The van der Waals surface area contributed by atoms with Crippen LogP contribution < -0.4 is 0 Å². The van der Waals surface area contributed by atoms with Crippen LogP contribution in [0.1, 0.15) is 42.7 Å². The molecule has 0 unspecified atom stereocenters. The van der Waals surface area contributed by atoms with E-state index in [9.17, 15) is 5.11 Å². The zero-order valence-electron chi connectivity index (χ0n) is 11.2. The maximum Gasteiger partial charge on any atom is 0.0690 e. The molecule has 2 fully saturated rings. The average molecular weight is 245 g/mol. The zero-order chi connectivity index (χ0) is 12.6. The van der Waals surface area contributed by atoms with Crippen LogP contribution in [0.4, 0.5) is 0 Å². The lowest BCUT2D eigenvalue weighted by molar-refractivity contribution is 0.150. The number of nitrogens with zero attached hydrogens (tertiary/aromatic N) is 1. The van der Waals surface area contributed by atoms with Gasteiger partial charge in [0.15, 0.2) is 0 Å². The van der Waals surface area contributed by atoms with Crippen molar-refractivity contribution in [3.8, 4) is 0 Å². The molecule has 3 rings (SSSR count). The fraction of sp³-hybridized carbons (Fsp3) is 0.625. The number of piperidine rings is 1. The van der Waals surface area contributed by atoms with E-state index in [4.69, 9.17) is 0 Å². The minimum absolute atomic E-state index is 0.373. The van der Waals surface area contributed by atoms with Crippen molar-refractivity contribution in [1.82, 2.24) is 4.90 Å². The molecular weight excluding hydrogens is 222 g/mol. The van der Waals surface area contributed by atoms with Gasteiger partial charge in [0.05, 0.1) is 5.60 Å². The SMILES string of the molecule is CN1CCC(c2ccccc2CC2(O)CC2)CC1. The number of benzene rings is 1. The van der Waals surface area contributed by atoms with E-state index in [0.717, 1.165) is 19.3 Å². The van der Waals surface area contributed by atoms with Crippen LogP contribution in [0.15, 0.2) is 24.3 Å². The summed E-state index contributed by atoms with van der Waals surface area (Å²) in [6.45, 7) is 2.40. The predicted octanol–water partition coefficient (Wildman–Crippen LogP) is 2.56. The maximum atomic E-state index is 10.1. The van der Waals surface area contributed by atoms with Crippen molar-refractivity contribution < 1.29 is 5.11 Å². The molecule has 1 saturated heterocycles. The molecule has 1 aliphatic heterocycles. The van der Waals surface area contributed by atoms with E-state index >= 15 is 0 Å². The van der Waals surface area contributed by atoms with Crippen molar-refractivity contribution in [3.05, 3.63) is 35.4 Å². The Morgan fingerprint density at radius 1 is 1.22 bits per heavy atom. The second kappa shape index (κ2) is 4.67. The van der Waals surface area contributed by atoms with Gasteiger partial charge < -0.3 is 10.0 Å². The molecule has 0 bridgehead atoms. The molecule has 0 spiro atoms. The molecule has 2 nitrogen and oxygen atoms in total. The Balaban J connectivity index is 1.78. The summed E-state index contributed by atoms with van der Waals surface area (Å²) in [5, 5.41) is 10.1. The topological polar surface area (TPSA) is 23.5 Å². The van der Waals surface area contributed by atoms with Gasteiger partial charge in [0.2, 0.25) is 0 Å². The monoisotopic (exact) mass is 245 g/mol. The van der Waals surface area contributed by atoms with E-state index in [1.807, 2.05) is 0 Å². The molecule has 0 radical (unpaired) electrons. The van der Waals surface area contributed by atoms with Crippen LogP contribution in [0.2, 0.25) is 0 Å². The lowest BCUT2D eigenvalue weighted by Gasteiger charge is -2.30. The average Bonchev–Trinajstić information content (AvgIpc) is 3.09. The Bertz CT molecular complexity index is 417. The van der Waals surface area contributed by atoms with E-state index < -0.39 is 0 Å². The summed E-state index contributed by atoms with van der Waals surface area (Å²) in [6.07, 6.45) is 5.33. The fourth-order valence-corrected chi connectivity index (χ4v) is 3.09. The van der Waals surface area contributed by atoms with E-state index in [0.29, 0.717) is 5.92 Å². The van der Waals surface area contributed by atoms with Crippen LogP contribution in [0.3, 0.4) is 0 Å². The Kier molecular flexibility index (Phi) is 3.16. The van der Waals surface area contributed by atoms with Crippen molar-refractivity contribution in [2.75, 3.05) is 20.1 Å². The second-order valence-electron chi connectivity index (χ2n) is 6.18. The number of hydrogen-bond donors (Lipinski definition) is 1. The van der Waals surface area contributed by atoms with Gasteiger partial charge in [0.25, 0.3) is 0 Å². The number of rotatable bonds is 3. The first-order chi connectivity index (χ1) is 8.66. The molecule has 1 aliphatic carbocycles. The van der Waals surface area contributed by atoms with Crippen LogP contribution in [-0.4, -0.2) is 35.7 Å². The van der Waals surface area contributed by atoms with Crippen molar-refractivity contribution in [2.45, 2.75) is 43.6 Å². The normalized spacial score (nSPS) is 24.1. The Morgan fingerprint density at radius 3 is 2.56 bits per heavy atom. The third-order valence-corrected chi connectivity index (χ3v) is 4.56. The van der Waals surface area contributed by atoms with Gasteiger partial charge in [0, 0.05) is 6.42 Å². The predicted molar refractivity (Wildman–Crippen MR) is 73.8 cm³/mol. The summed E-state index contributed by atoms with van der Waals surface area (Å²) in [5.74, 6) is 0.694. The van der Waals surface area contributed by atoms with Crippen LogP contribution in [-0.2, 0) is 6.42 Å². The van der Waals surface area contributed by atoms with Crippen LogP contribution in [0.5, 0.6) is 0 Å². The summed E-state index contributed by atoms with van der Waals surface area (Å²) in [4.78, 5) is 2.41. The third kappa shape index (κ3) is 2.60. The zero-order valence-corrected chi connectivity index (χ0v) is 11.2. The molecule has 1 aromatic rings. The summed E-state index contributed by atoms with van der Waals surface area (Å²) in [6, 6.07) is 8.74. The number of aliphatic hydroxyl groups is 1. The molecule has 1 N–H and O–H groups in total. The van der Waals surface area contributed by atoms with Gasteiger partial charge in [-0.25, -0.2) is 0 Å². The van der Waals surface area contributed by atoms with Gasteiger partial charge in [-0.2, -0.15) is 0 Å². The van der Waals surface area contributed by atoms with Gasteiger partial charge >= 0.3 is 0 Å². The smallest absolute Gasteiger partial charge is 0.0690 e. The summed E-state index contributed by atoms with van der Waals surface area (Å²) >= 11 is 0. The van der Waals surface area contributed by atoms with Crippen molar-refractivity contribution in [1.29, 1.82) is 0 Å². The van der Waals surface area contributed by atoms with E-state index in [-0.39, 0.29) is 5.60 Å². The van der Waals surface area contributed by atoms with Crippen molar-refractivity contribution >= 4 is 0 Å².